The summed E-state index contributed by atoms with van der Waals surface area (Å²) in [6, 6.07) is 4.69. The molecule has 3 rings (SSSR count). The van der Waals surface area contributed by atoms with Crippen LogP contribution in [0.25, 0.3) is 0 Å². The summed E-state index contributed by atoms with van der Waals surface area (Å²) in [4.78, 5) is 32.1. The van der Waals surface area contributed by atoms with Gasteiger partial charge in [0.15, 0.2) is 5.78 Å². The molecule has 7 nitrogen and oxygen atoms in total. The average Bonchev–Trinajstić information content (AvgIpc) is 3.13. The van der Waals surface area contributed by atoms with Crippen molar-refractivity contribution in [3.63, 3.8) is 0 Å². The number of carboxylic acid groups (broad SMARTS) is 1. The van der Waals surface area contributed by atoms with Crippen LogP contribution in [0.2, 0.25) is 0 Å². The van der Waals surface area contributed by atoms with E-state index in [2.05, 4.69) is 16.0 Å². The molecule has 1 atom stereocenters. The van der Waals surface area contributed by atoms with E-state index in [1.54, 1.807) is 18.2 Å². The van der Waals surface area contributed by atoms with Crippen molar-refractivity contribution in [2.24, 2.45) is 0 Å². The predicted octanol–water partition coefficient (Wildman–Crippen LogP) is 2.04. The van der Waals surface area contributed by atoms with E-state index in [0.29, 0.717) is 16.9 Å². The molecule has 3 N–H and O–H groups in total. The molecule has 1 fully saturated rings. The molecule has 129 valence electrons. The van der Waals surface area contributed by atoms with E-state index in [-0.39, 0.29) is 17.9 Å². The molecule has 1 unspecified atom stereocenters. The van der Waals surface area contributed by atoms with E-state index < -0.39 is 12.1 Å². The Labute approximate surface area is 134 Å². The fraction of sp³-hybridized carbons (Fsp3) is 0.357. The van der Waals surface area contributed by atoms with Gasteiger partial charge in [0.1, 0.15) is 0 Å². The average molecular weight is 344 g/mol. The van der Waals surface area contributed by atoms with Crippen LogP contribution >= 0.6 is 0 Å². The Morgan fingerprint density at radius 3 is 2.50 bits per heavy atom. The van der Waals surface area contributed by atoms with Gasteiger partial charge < -0.3 is 15.7 Å². The number of benzene rings is 1. The summed E-state index contributed by atoms with van der Waals surface area (Å²) in [5.74, 6) is -2.67. The number of ketones is 1. The topological polar surface area (TPSA) is 110 Å². The molecule has 0 spiro atoms. The Balaban J connectivity index is 0.000000256. The summed E-state index contributed by atoms with van der Waals surface area (Å²) < 4.78 is 31.7. The van der Waals surface area contributed by atoms with E-state index >= 15 is 0 Å². The number of alkyl halides is 3. The summed E-state index contributed by atoms with van der Waals surface area (Å²) in [7, 11) is 0. The first-order valence-corrected chi connectivity index (χ1v) is 6.93. The fourth-order valence-corrected chi connectivity index (χ4v) is 2.25. The minimum atomic E-state index is -5.08. The van der Waals surface area contributed by atoms with Crippen LogP contribution in [0.4, 0.5) is 29.3 Å². The minimum absolute atomic E-state index is 0.0832. The van der Waals surface area contributed by atoms with Gasteiger partial charge in [-0.15, -0.1) is 0 Å². The van der Waals surface area contributed by atoms with Crippen LogP contribution in [0.15, 0.2) is 18.2 Å². The lowest BCUT2D eigenvalue weighted by Crippen LogP contribution is -2.30. The second-order valence-corrected chi connectivity index (χ2v) is 5.09. The summed E-state index contributed by atoms with van der Waals surface area (Å²) >= 11 is 0. The number of urea groups is 1. The molecule has 1 saturated heterocycles. The summed E-state index contributed by atoms with van der Waals surface area (Å²) in [5.41, 5.74) is 1.84. The van der Waals surface area contributed by atoms with Crippen molar-refractivity contribution in [1.29, 1.82) is 0 Å². The number of carbonyl (C=O) groups excluding carboxylic acids is 2. The number of nitrogens with zero attached hydrogens (tertiary/aromatic N) is 1. The number of halogens is 3. The zero-order chi connectivity index (χ0) is 17.9. The molecular weight excluding hydrogens is 331 g/mol. The van der Waals surface area contributed by atoms with Gasteiger partial charge in [-0.25, -0.2) is 9.59 Å². The lowest BCUT2D eigenvalue weighted by molar-refractivity contribution is -0.192. The number of Topliss-reactive ketones (excluding diaryl/α,β-unsaturated/α-hetero) is 1. The number of carbonyl (C=O) groups is 3. The second kappa shape index (κ2) is 6.87. The van der Waals surface area contributed by atoms with Crippen LogP contribution in [0.3, 0.4) is 0 Å². The molecule has 1 radical (unpaired) electrons. The third-order valence-corrected chi connectivity index (χ3v) is 3.37. The zero-order valence-corrected chi connectivity index (χ0v) is 12.2. The number of carboxylic acids is 1. The fourth-order valence-electron chi connectivity index (χ4n) is 2.25. The quantitative estimate of drug-likeness (QED) is 0.711. The van der Waals surface area contributed by atoms with E-state index in [0.717, 1.165) is 19.4 Å². The maximum Gasteiger partial charge on any atom is 0.490 e. The van der Waals surface area contributed by atoms with Crippen molar-refractivity contribution in [3.8, 4) is 0 Å². The van der Waals surface area contributed by atoms with Crippen molar-refractivity contribution >= 4 is 29.2 Å². The van der Waals surface area contributed by atoms with Crippen LogP contribution in [0, 0.1) is 0 Å². The monoisotopic (exact) mass is 344 g/mol. The van der Waals surface area contributed by atoms with Crippen LogP contribution in [0.1, 0.15) is 23.2 Å². The van der Waals surface area contributed by atoms with Crippen molar-refractivity contribution in [2.45, 2.75) is 25.1 Å². The summed E-state index contributed by atoms with van der Waals surface area (Å²) in [6.07, 6.45) is -3.17. The minimum Gasteiger partial charge on any atom is -0.475 e. The molecule has 2 amide bonds. The lowest BCUT2D eigenvalue weighted by Gasteiger charge is -2.09. The van der Waals surface area contributed by atoms with E-state index in [1.165, 1.54) is 0 Å². The maximum absolute atomic E-state index is 12.1. The molecule has 24 heavy (non-hydrogen) atoms. The normalized spacial score (nSPS) is 18.8. The van der Waals surface area contributed by atoms with Crippen LogP contribution < -0.4 is 16.0 Å². The molecule has 1 aromatic rings. The Bertz CT molecular complexity index is 670. The van der Waals surface area contributed by atoms with Gasteiger partial charge in [0.25, 0.3) is 0 Å². The van der Waals surface area contributed by atoms with Crippen molar-refractivity contribution in [3.05, 3.63) is 23.8 Å². The van der Waals surface area contributed by atoms with Crippen molar-refractivity contribution in [1.82, 2.24) is 10.6 Å². The number of rotatable bonds is 2. The first-order chi connectivity index (χ1) is 11.2. The highest BCUT2D eigenvalue weighted by atomic mass is 19.4. The molecular formula is C14H13F3N3O4. The molecule has 1 aromatic carbocycles. The van der Waals surface area contributed by atoms with Gasteiger partial charge in [0, 0.05) is 5.56 Å². The second-order valence-electron chi connectivity index (χ2n) is 5.09. The third kappa shape index (κ3) is 4.22. The largest absolute Gasteiger partial charge is 0.490 e. The maximum atomic E-state index is 12.1. The predicted molar refractivity (Wildman–Crippen MR) is 76.3 cm³/mol. The van der Waals surface area contributed by atoms with E-state index in [4.69, 9.17) is 9.90 Å². The first-order valence-electron chi connectivity index (χ1n) is 6.93. The highest BCUT2D eigenvalue weighted by molar-refractivity contribution is 6.06. The van der Waals surface area contributed by atoms with Crippen LogP contribution in [0.5, 0.6) is 0 Å². The Hall–Kier alpha value is -2.62. The molecule has 2 aliphatic heterocycles. The van der Waals surface area contributed by atoms with Crippen molar-refractivity contribution in [2.75, 3.05) is 11.9 Å². The standard InChI is InChI=1S/C12H12N3O2.C2HF3O2/c16-11(9-2-1-5-13-9)7-3-4-8-10(6-7)15-12(17)14-8;3-2(4,5)1(6)7/h3-4,6,9,13H,1-2,5H2,(H,14,17);(H,6,7). The number of hydrogen-bond donors (Lipinski definition) is 3. The van der Waals surface area contributed by atoms with E-state index in [1.807, 2.05) is 0 Å². The number of aliphatic carboxylic acids is 1. The highest BCUT2D eigenvalue weighted by Gasteiger charge is 2.38. The number of nitrogens with one attached hydrogen (secondary N) is 2. The number of hydrogen-bond acceptors (Lipinski definition) is 4. The Kier molecular flexibility index (Phi) is 5.07. The van der Waals surface area contributed by atoms with Gasteiger partial charge in [-0.1, -0.05) is 0 Å². The molecule has 0 aromatic heterocycles. The van der Waals surface area contributed by atoms with Gasteiger partial charge in [0.2, 0.25) is 0 Å². The molecule has 0 aliphatic carbocycles. The zero-order valence-electron chi connectivity index (χ0n) is 12.2. The molecule has 0 saturated carbocycles. The molecule has 2 heterocycles. The molecule has 0 bridgehead atoms. The molecule has 10 heteroatoms. The van der Waals surface area contributed by atoms with Gasteiger partial charge in [-0.05, 0) is 37.6 Å². The highest BCUT2D eigenvalue weighted by Crippen LogP contribution is 2.29. The SMILES string of the molecule is O=C(O)C(F)(F)F.O=C1[N]c2cc(C(=O)C3CCCN3)ccc2N1. The Morgan fingerprint density at radius 2 is 1.96 bits per heavy atom. The summed E-state index contributed by atoms with van der Waals surface area (Å²) in [6.45, 7) is 0.895. The van der Waals surface area contributed by atoms with Gasteiger partial charge >= 0.3 is 18.2 Å². The van der Waals surface area contributed by atoms with Gasteiger partial charge in [0.05, 0.1) is 17.4 Å². The van der Waals surface area contributed by atoms with Gasteiger partial charge in [-0.3, -0.25) is 4.79 Å². The third-order valence-electron chi connectivity index (χ3n) is 3.37. The van der Waals surface area contributed by atoms with Crippen LogP contribution in [-0.4, -0.2) is 41.7 Å². The smallest absolute Gasteiger partial charge is 0.475 e. The number of amides is 2. The molecule has 2 aliphatic rings. The number of fused-ring (bicyclic) bond motifs is 1. The van der Waals surface area contributed by atoms with Crippen molar-refractivity contribution < 1.29 is 32.7 Å². The first kappa shape index (κ1) is 17.7. The van der Waals surface area contributed by atoms with Gasteiger partial charge in [-0.2, -0.15) is 18.5 Å². The lowest BCUT2D eigenvalue weighted by atomic mass is 10.0. The summed E-state index contributed by atoms with van der Waals surface area (Å²) in [5, 5.41) is 16.7. The van der Waals surface area contributed by atoms with Crippen LogP contribution in [-0.2, 0) is 4.79 Å². The Morgan fingerprint density at radius 1 is 1.29 bits per heavy atom. The number of anilines is 1. The van der Waals surface area contributed by atoms with E-state index in [9.17, 15) is 22.8 Å².